The van der Waals surface area contributed by atoms with E-state index in [4.69, 9.17) is 9.53 Å². The van der Waals surface area contributed by atoms with Gasteiger partial charge in [-0.05, 0) is 35.6 Å². The van der Waals surface area contributed by atoms with Crippen LogP contribution >= 0.6 is 0 Å². The number of benzene rings is 2. The van der Waals surface area contributed by atoms with E-state index < -0.39 is 17.9 Å². The van der Waals surface area contributed by atoms with E-state index in [0.717, 1.165) is 0 Å². The normalized spacial score (nSPS) is 10.1. The Morgan fingerprint density at radius 1 is 1.03 bits per heavy atom. The standard InChI is InChI=1S/C18H16NO6.C2H3O.Y/c1-24-14-8-4-13(5-9-14)17(21)19-16(18(22)23)10-12-2-6-15(7-3-12)25-11-20;1-2-3;/h2-9,16H,10H2,1H3,(H,19,21)(H,22,23);1H3;/q2*-1;. The number of hydrogen-bond donors (Lipinski definition) is 2. The molecule has 0 saturated heterocycles. The van der Waals surface area contributed by atoms with Gasteiger partial charge in [0.25, 0.3) is 5.91 Å². The van der Waals surface area contributed by atoms with Crippen LogP contribution in [0, 0.1) is 0 Å². The number of hydrogen-bond acceptors (Lipinski definition) is 6. The van der Waals surface area contributed by atoms with Crippen molar-refractivity contribution in [2.45, 2.75) is 19.4 Å². The van der Waals surface area contributed by atoms with Crippen molar-refractivity contribution in [1.82, 2.24) is 5.32 Å². The monoisotopic (exact) mass is 474 g/mol. The average Bonchev–Trinajstić information content (AvgIpc) is 2.69. The predicted octanol–water partition coefficient (Wildman–Crippen LogP) is 1.68. The second-order valence-electron chi connectivity index (χ2n) is 5.33. The van der Waals surface area contributed by atoms with E-state index in [-0.39, 0.29) is 39.1 Å². The van der Waals surface area contributed by atoms with Crippen LogP contribution in [0.2, 0.25) is 0 Å². The maximum atomic E-state index is 12.2. The van der Waals surface area contributed by atoms with Crippen LogP contribution in [0.3, 0.4) is 0 Å². The number of carbonyl (C=O) groups is 2. The molecule has 2 aromatic carbocycles. The van der Waals surface area contributed by atoms with Gasteiger partial charge in [-0.25, -0.2) is 4.79 Å². The summed E-state index contributed by atoms with van der Waals surface area (Å²) in [5.74, 6) is -0.747. The predicted molar refractivity (Wildman–Crippen MR) is 99.7 cm³/mol. The molecular weight excluding hydrogens is 455 g/mol. The van der Waals surface area contributed by atoms with E-state index in [1.807, 2.05) is 0 Å². The molecule has 0 aliphatic carbocycles. The van der Waals surface area contributed by atoms with Crippen molar-refractivity contribution >= 4 is 24.6 Å². The van der Waals surface area contributed by atoms with Crippen molar-refractivity contribution in [3.63, 3.8) is 0 Å². The molecule has 1 unspecified atom stereocenters. The van der Waals surface area contributed by atoms with Crippen LogP contribution in [-0.2, 0) is 53.5 Å². The number of methoxy groups -OCH3 is 1. The third-order valence-corrected chi connectivity index (χ3v) is 3.48. The van der Waals surface area contributed by atoms with Crippen LogP contribution in [0.4, 0.5) is 0 Å². The quantitative estimate of drug-likeness (QED) is 0.559. The number of rotatable bonds is 8. The summed E-state index contributed by atoms with van der Waals surface area (Å²) in [7, 11) is 1.51. The summed E-state index contributed by atoms with van der Waals surface area (Å²) in [5, 5.41) is 11.8. The molecule has 0 saturated carbocycles. The van der Waals surface area contributed by atoms with Crippen LogP contribution in [0.15, 0.2) is 48.5 Å². The van der Waals surface area contributed by atoms with Gasteiger partial charge in [0, 0.05) is 44.7 Å². The summed E-state index contributed by atoms with van der Waals surface area (Å²) < 4.78 is 9.57. The van der Waals surface area contributed by atoms with E-state index in [0.29, 0.717) is 22.6 Å². The summed E-state index contributed by atoms with van der Waals surface area (Å²) in [4.78, 5) is 42.5. The van der Waals surface area contributed by atoms with Gasteiger partial charge in [0.1, 0.15) is 11.8 Å². The third kappa shape index (κ3) is 9.45. The van der Waals surface area contributed by atoms with Crippen molar-refractivity contribution < 1.29 is 66.5 Å². The largest absolute Gasteiger partial charge is 0.610 e. The van der Waals surface area contributed by atoms with Gasteiger partial charge < -0.3 is 29.5 Å². The molecule has 2 rings (SSSR count). The molecule has 0 aliphatic rings. The van der Waals surface area contributed by atoms with Crippen molar-refractivity contribution in [2.24, 2.45) is 0 Å². The topological polar surface area (TPSA) is 119 Å². The summed E-state index contributed by atoms with van der Waals surface area (Å²) in [6.45, 7) is 2.62. The van der Waals surface area contributed by atoms with Gasteiger partial charge in [0.05, 0.1) is 7.11 Å². The molecule has 2 aromatic rings. The fourth-order valence-corrected chi connectivity index (χ4v) is 2.16. The van der Waals surface area contributed by atoms with Crippen molar-refractivity contribution in [3.8, 4) is 11.5 Å². The Morgan fingerprint density at radius 3 is 2.00 bits per heavy atom. The van der Waals surface area contributed by atoms with Crippen molar-refractivity contribution in [3.05, 3.63) is 59.7 Å². The van der Waals surface area contributed by atoms with E-state index in [1.165, 1.54) is 38.9 Å². The smallest absolute Gasteiger partial charge is 0.326 e. The molecule has 1 amide bonds. The maximum Gasteiger partial charge on any atom is 0.326 e. The first-order valence-electron chi connectivity index (χ1n) is 8.04. The van der Waals surface area contributed by atoms with Gasteiger partial charge in [-0.15, -0.1) is 12.1 Å². The Morgan fingerprint density at radius 2 is 1.55 bits per heavy atom. The Hall–Kier alpha value is -2.58. The van der Waals surface area contributed by atoms with Gasteiger partial charge >= 0.3 is 5.97 Å². The molecule has 8 nitrogen and oxygen atoms in total. The van der Waals surface area contributed by atoms with Crippen molar-refractivity contribution in [2.75, 3.05) is 7.11 Å². The molecule has 0 aromatic heterocycles. The van der Waals surface area contributed by atoms with Crippen LogP contribution in [0.1, 0.15) is 22.8 Å². The summed E-state index contributed by atoms with van der Waals surface area (Å²) in [6, 6.07) is 11.5. The van der Waals surface area contributed by atoms with Gasteiger partial charge in [0.15, 0.2) is 6.47 Å². The molecule has 1 radical (unpaired) electrons. The van der Waals surface area contributed by atoms with Gasteiger partial charge in [-0.1, -0.05) is 12.1 Å². The minimum Gasteiger partial charge on any atom is -0.610 e. The number of carbonyl (C=O) groups excluding carboxylic acids is 3. The Balaban J connectivity index is 0.00000184. The summed E-state index contributed by atoms with van der Waals surface area (Å²) >= 11 is 0. The third-order valence-electron chi connectivity index (χ3n) is 3.48. The first kappa shape index (κ1) is 26.4. The van der Waals surface area contributed by atoms with Crippen molar-refractivity contribution in [1.29, 1.82) is 0 Å². The fraction of sp³-hybridized carbons (Fsp3) is 0.200. The van der Waals surface area contributed by atoms with Gasteiger partial charge in [0.2, 0.25) is 0 Å². The number of amides is 1. The molecule has 0 bridgehead atoms. The summed E-state index contributed by atoms with van der Waals surface area (Å²) in [6.07, 6.45) is 1.59. The molecule has 151 valence electrons. The molecule has 2 N–H and O–H groups in total. The van der Waals surface area contributed by atoms with Crippen LogP contribution < -0.4 is 14.8 Å². The van der Waals surface area contributed by atoms with Crippen LogP contribution in [0.5, 0.6) is 11.5 Å². The second-order valence-corrected chi connectivity index (χ2v) is 5.33. The molecule has 29 heavy (non-hydrogen) atoms. The molecule has 0 aliphatic heterocycles. The number of carboxylic acids is 1. The van der Waals surface area contributed by atoms with Gasteiger partial charge in [-0.2, -0.15) is 6.92 Å². The van der Waals surface area contributed by atoms with E-state index in [9.17, 15) is 19.5 Å². The molecule has 1 atom stereocenters. The number of ether oxygens (including phenoxy) is 2. The molecule has 0 fully saturated rings. The maximum absolute atomic E-state index is 12.2. The Labute approximate surface area is 193 Å². The van der Waals surface area contributed by atoms with E-state index in [1.54, 1.807) is 36.4 Å². The Bertz CT molecular complexity index is 791. The molecule has 9 heteroatoms. The molecule has 0 heterocycles. The SMILES string of the molecule is COc1ccc(C(=O)NC(Cc2ccc(O[C-]=O)cc2)C(=O)O)cc1.C[C-]=O.[Y]. The first-order valence-corrected chi connectivity index (χ1v) is 8.04. The van der Waals surface area contributed by atoms with E-state index in [2.05, 4.69) is 10.1 Å². The number of aliphatic carboxylic acids is 1. The second kappa shape index (κ2) is 14.4. The summed E-state index contributed by atoms with van der Waals surface area (Å²) in [5.41, 5.74) is 0.998. The zero-order valence-corrected chi connectivity index (χ0v) is 18.7. The molecular formula is C20H19NO7Y-2. The minimum atomic E-state index is -1.15. The minimum absolute atomic E-state index is 0. The van der Waals surface area contributed by atoms with Crippen LogP contribution in [-0.4, -0.2) is 42.9 Å². The number of nitrogens with one attached hydrogen (secondary N) is 1. The van der Waals surface area contributed by atoms with E-state index >= 15 is 0 Å². The molecule has 0 spiro atoms. The average molecular weight is 474 g/mol. The fourth-order valence-electron chi connectivity index (χ4n) is 2.16. The first-order chi connectivity index (χ1) is 13.4. The van der Waals surface area contributed by atoms with Crippen LogP contribution in [0.25, 0.3) is 0 Å². The number of carboxylic acid groups (broad SMARTS) is 1. The van der Waals surface area contributed by atoms with Gasteiger partial charge in [-0.3, -0.25) is 11.1 Å². The zero-order valence-electron chi connectivity index (χ0n) is 15.9. The zero-order chi connectivity index (χ0) is 20.9. The Kier molecular flexibility index (Phi) is 13.1.